The van der Waals surface area contributed by atoms with Crippen molar-refractivity contribution in [2.75, 3.05) is 21.3 Å². The summed E-state index contributed by atoms with van der Waals surface area (Å²) in [7, 11) is 5.48. The van der Waals surface area contributed by atoms with Gasteiger partial charge in [-0.1, -0.05) is 12.1 Å². The lowest BCUT2D eigenvalue weighted by molar-refractivity contribution is 0.106. The van der Waals surface area contributed by atoms with E-state index in [-0.39, 0.29) is 0 Å². The van der Waals surface area contributed by atoms with Crippen LogP contribution < -0.4 is 10.1 Å². The summed E-state index contributed by atoms with van der Waals surface area (Å²) in [6.07, 6.45) is 3.53. The Labute approximate surface area is 110 Å². The highest BCUT2D eigenvalue weighted by Crippen LogP contribution is 2.16. The third-order valence-corrected chi connectivity index (χ3v) is 3.35. The first-order valence-electron chi connectivity index (χ1n) is 6.52. The van der Waals surface area contributed by atoms with Crippen LogP contribution in [0.4, 0.5) is 0 Å². The molecular formula is C15H25NO2. The van der Waals surface area contributed by atoms with Crippen LogP contribution in [0, 0.1) is 0 Å². The molecule has 0 bridgehead atoms. The van der Waals surface area contributed by atoms with Crippen molar-refractivity contribution >= 4 is 0 Å². The lowest BCUT2D eigenvalue weighted by Gasteiger charge is -2.18. The Morgan fingerprint density at radius 1 is 1.22 bits per heavy atom. The smallest absolute Gasteiger partial charge is 0.119 e. The van der Waals surface area contributed by atoms with Crippen LogP contribution in [0.15, 0.2) is 24.3 Å². The summed E-state index contributed by atoms with van der Waals surface area (Å²) >= 11 is 0. The average Bonchev–Trinajstić information content (AvgIpc) is 2.43. The first-order valence-corrected chi connectivity index (χ1v) is 6.52. The Kier molecular flexibility index (Phi) is 6.76. The third kappa shape index (κ3) is 5.07. The first kappa shape index (κ1) is 15.0. The van der Waals surface area contributed by atoms with Gasteiger partial charge in [0.2, 0.25) is 0 Å². The zero-order chi connectivity index (χ0) is 13.4. The molecule has 18 heavy (non-hydrogen) atoms. The van der Waals surface area contributed by atoms with E-state index in [1.807, 2.05) is 19.2 Å². The predicted molar refractivity (Wildman–Crippen MR) is 75.3 cm³/mol. The van der Waals surface area contributed by atoms with Crippen LogP contribution in [-0.4, -0.2) is 33.4 Å². The fourth-order valence-corrected chi connectivity index (χ4v) is 1.99. The molecule has 0 saturated heterocycles. The molecule has 3 nitrogen and oxygen atoms in total. The SMILES string of the molecule is CNC(CCC(C)OC)Cc1cccc(OC)c1. The van der Waals surface area contributed by atoms with Crippen LogP contribution in [0.3, 0.4) is 0 Å². The van der Waals surface area contributed by atoms with Gasteiger partial charge in [-0.3, -0.25) is 0 Å². The minimum absolute atomic E-state index is 0.325. The van der Waals surface area contributed by atoms with Crippen molar-refractivity contribution in [3.63, 3.8) is 0 Å². The molecule has 3 heteroatoms. The monoisotopic (exact) mass is 251 g/mol. The lowest BCUT2D eigenvalue weighted by Crippen LogP contribution is -2.28. The van der Waals surface area contributed by atoms with Crippen molar-refractivity contribution in [3.8, 4) is 5.75 Å². The molecule has 0 aliphatic carbocycles. The molecule has 1 aromatic rings. The molecule has 2 atom stereocenters. The number of likely N-dealkylation sites (N-methyl/N-ethyl adjacent to an activating group) is 1. The number of nitrogens with one attached hydrogen (secondary N) is 1. The summed E-state index contributed by atoms with van der Waals surface area (Å²) in [6, 6.07) is 8.75. The standard InChI is InChI=1S/C15H25NO2/c1-12(17-3)8-9-14(16-2)10-13-6-5-7-15(11-13)18-4/h5-7,11-12,14,16H,8-10H2,1-4H3. The minimum Gasteiger partial charge on any atom is -0.497 e. The number of hydrogen-bond donors (Lipinski definition) is 1. The fraction of sp³-hybridized carbons (Fsp3) is 0.600. The number of rotatable bonds is 8. The second-order valence-electron chi connectivity index (χ2n) is 4.66. The maximum absolute atomic E-state index is 5.28. The van der Waals surface area contributed by atoms with Gasteiger partial charge in [-0.2, -0.15) is 0 Å². The van der Waals surface area contributed by atoms with E-state index in [1.54, 1.807) is 14.2 Å². The van der Waals surface area contributed by atoms with Crippen molar-refractivity contribution in [1.29, 1.82) is 0 Å². The van der Waals surface area contributed by atoms with Gasteiger partial charge in [0.15, 0.2) is 0 Å². The van der Waals surface area contributed by atoms with Gasteiger partial charge in [0.25, 0.3) is 0 Å². The highest BCUT2D eigenvalue weighted by Gasteiger charge is 2.10. The van der Waals surface area contributed by atoms with E-state index >= 15 is 0 Å². The zero-order valence-corrected chi connectivity index (χ0v) is 11.9. The number of methoxy groups -OCH3 is 2. The summed E-state index contributed by atoms with van der Waals surface area (Å²) < 4.78 is 10.5. The molecule has 1 aromatic carbocycles. The lowest BCUT2D eigenvalue weighted by atomic mass is 10.0. The Hall–Kier alpha value is -1.06. The summed E-state index contributed by atoms with van der Waals surface area (Å²) in [5, 5.41) is 3.37. The average molecular weight is 251 g/mol. The molecule has 0 fully saturated rings. The van der Waals surface area contributed by atoms with Crippen molar-refractivity contribution < 1.29 is 9.47 Å². The van der Waals surface area contributed by atoms with Crippen LogP contribution >= 0.6 is 0 Å². The quantitative estimate of drug-likeness (QED) is 0.770. The molecule has 0 saturated carbocycles. The molecule has 2 unspecified atom stereocenters. The molecular weight excluding hydrogens is 226 g/mol. The van der Waals surface area contributed by atoms with Crippen LogP contribution in [0.25, 0.3) is 0 Å². The normalized spacial score (nSPS) is 14.2. The molecule has 0 aliphatic heterocycles. The molecule has 0 spiro atoms. The van der Waals surface area contributed by atoms with Crippen LogP contribution in [-0.2, 0) is 11.2 Å². The van der Waals surface area contributed by atoms with Crippen LogP contribution in [0.5, 0.6) is 5.75 Å². The number of ether oxygens (including phenoxy) is 2. The predicted octanol–water partition coefficient (Wildman–Crippen LogP) is 2.64. The Morgan fingerprint density at radius 2 is 2.00 bits per heavy atom. The van der Waals surface area contributed by atoms with Crippen molar-refractivity contribution in [1.82, 2.24) is 5.32 Å². The van der Waals surface area contributed by atoms with E-state index < -0.39 is 0 Å². The largest absolute Gasteiger partial charge is 0.497 e. The fourth-order valence-electron chi connectivity index (χ4n) is 1.99. The second-order valence-corrected chi connectivity index (χ2v) is 4.66. The minimum atomic E-state index is 0.325. The van der Waals surface area contributed by atoms with E-state index in [1.165, 1.54) is 5.56 Å². The first-order chi connectivity index (χ1) is 8.69. The van der Waals surface area contributed by atoms with Crippen LogP contribution in [0.2, 0.25) is 0 Å². The maximum atomic E-state index is 5.28. The zero-order valence-electron chi connectivity index (χ0n) is 11.9. The van der Waals surface area contributed by atoms with Gasteiger partial charge >= 0.3 is 0 Å². The summed E-state index contributed by atoms with van der Waals surface area (Å²) in [5.74, 6) is 0.924. The highest BCUT2D eigenvalue weighted by atomic mass is 16.5. The Bertz CT molecular complexity index is 341. The van der Waals surface area contributed by atoms with Gasteiger partial charge in [0.1, 0.15) is 5.75 Å². The summed E-state index contributed by atoms with van der Waals surface area (Å²) in [4.78, 5) is 0. The van der Waals surface area contributed by atoms with Gasteiger partial charge in [-0.15, -0.1) is 0 Å². The van der Waals surface area contributed by atoms with E-state index in [4.69, 9.17) is 9.47 Å². The van der Waals surface area contributed by atoms with E-state index in [9.17, 15) is 0 Å². The molecule has 1 N–H and O–H groups in total. The van der Waals surface area contributed by atoms with Crippen molar-refractivity contribution in [3.05, 3.63) is 29.8 Å². The topological polar surface area (TPSA) is 30.5 Å². The maximum Gasteiger partial charge on any atom is 0.119 e. The molecule has 102 valence electrons. The summed E-state index contributed by atoms with van der Waals surface area (Å²) in [6.45, 7) is 2.11. The van der Waals surface area contributed by atoms with Crippen molar-refractivity contribution in [2.45, 2.75) is 38.3 Å². The van der Waals surface area contributed by atoms with E-state index in [0.29, 0.717) is 12.1 Å². The van der Waals surface area contributed by atoms with Gasteiger partial charge in [0.05, 0.1) is 13.2 Å². The van der Waals surface area contributed by atoms with Crippen molar-refractivity contribution in [2.24, 2.45) is 0 Å². The summed E-state index contributed by atoms with van der Waals surface area (Å²) in [5.41, 5.74) is 1.30. The molecule has 0 amide bonds. The van der Waals surface area contributed by atoms with E-state index in [2.05, 4.69) is 24.4 Å². The second kappa shape index (κ2) is 8.11. The molecule has 0 heterocycles. The molecule has 1 rings (SSSR count). The molecule has 0 aliphatic rings. The number of benzene rings is 1. The van der Waals surface area contributed by atoms with Crippen LogP contribution in [0.1, 0.15) is 25.3 Å². The van der Waals surface area contributed by atoms with E-state index in [0.717, 1.165) is 25.0 Å². The molecule has 0 aromatic heterocycles. The van der Waals surface area contributed by atoms with Gasteiger partial charge < -0.3 is 14.8 Å². The van der Waals surface area contributed by atoms with Gasteiger partial charge in [-0.25, -0.2) is 0 Å². The third-order valence-electron chi connectivity index (χ3n) is 3.35. The molecule has 0 radical (unpaired) electrons. The number of hydrogen-bond acceptors (Lipinski definition) is 3. The van der Waals surface area contributed by atoms with Gasteiger partial charge in [0, 0.05) is 13.2 Å². The van der Waals surface area contributed by atoms with Gasteiger partial charge in [-0.05, 0) is 50.9 Å². The Morgan fingerprint density at radius 3 is 2.61 bits per heavy atom. The Balaban J connectivity index is 2.51. The highest BCUT2D eigenvalue weighted by molar-refractivity contribution is 5.28.